The third kappa shape index (κ3) is 3.09. The zero-order valence-corrected chi connectivity index (χ0v) is 10.8. The fourth-order valence-electron chi connectivity index (χ4n) is 1.35. The second-order valence-corrected chi connectivity index (χ2v) is 5.09. The highest BCUT2D eigenvalue weighted by molar-refractivity contribution is 8.26. The standard InChI is InChI=1S/C12H8N2O2S2/c13-5-6-16-9-3-1-8(2-4-9)7-10-11(15)14-12(17)18-10/h1-4,7H,6H2,(H,14,15,17)/b10-7+. The van der Waals surface area contributed by atoms with Crippen LogP contribution in [0.15, 0.2) is 29.2 Å². The molecule has 6 heteroatoms. The van der Waals surface area contributed by atoms with Crippen molar-refractivity contribution in [2.45, 2.75) is 0 Å². The van der Waals surface area contributed by atoms with Crippen LogP contribution < -0.4 is 10.1 Å². The lowest BCUT2D eigenvalue weighted by molar-refractivity contribution is -0.115. The fraction of sp³-hybridized carbons (Fsp3) is 0.0833. The van der Waals surface area contributed by atoms with E-state index in [0.717, 1.165) is 5.56 Å². The molecule has 0 unspecified atom stereocenters. The number of thiocarbonyl (C=S) groups is 1. The lowest BCUT2D eigenvalue weighted by Gasteiger charge is -2.01. The first-order chi connectivity index (χ1) is 8.69. The minimum absolute atomic E-state index is 0.0208. The third-order valence-corrected chi connectivity index (χ3v) is 3.29. The predicted octanol–water partition coefficient (Wildman–Crippen LogP) is 2.08. The van der Waals surface area contributed by atoms with Gasteiger partial charge >= 0.3 is 0 Å². The number of nitrogens with zero attached hydrogens (tertiary/aromatic N) is 1. The predicted molar refractivity (Wildman–Crippen MR) is 73.9 cm³/mol. The zero-order chi connectivity index (χ0) is 13.0. The molecule has 0 saturated carbocycles. The molecule has 1 aromatic rings. The van der Waals surface area contributed by atoms with Gasteiger partial charge in [-0.1, -0.05) is 36.1 Å². The van der Waals surface area contributed by atoms with E-state index in [1.807, 2.05) is 18.2 Å². The van der Waals surface area contributed by atoms with Crippen LogP contribution in [0.5, 0.6) is 5.75 Å². The number of hydrogen-bond acceptors (Lipinski definition) is 5. The van der Waals surface area contributed by atoms with E-state index in [-0.39, 0.29) is 12.5 Å². The summed E-state index contributed by atoms with van der Waals surface area (Å²) in [7, 11) is 0. The van der Waals surface area contributed by atoms with E-state index in [1.165, 1.54) is 11.8 Å². The Hall–Kier alpha value is -1.84. The number of nitrogens with one attached hydrogen (secondary N) is 1. The first kappa shape index (κ1) is 12.6. The summed E-state index contributed by atoms with van der Waals surface area (Å²) < 4.78 is 5.60. The van der Waals surface area contributed by atoms with Crippen LogP contribution in [-0.2, 0) is 4.79 Å². The molecule has 0 atom stereocenters. The molecule has 0 aromatic heterocycles. The molecule has 0 radical (unpaired) electrons. The zero-order valence-electron chi connectivity index (χ0n) is 9.17. The SMILES string of the molecule is N#CCOc1ccc(/C=C2/SC(=S)NC2=O)cc1. The lowest BCUT2D eigenvalue weighted by atomic mass is 10.2. The largest absolute Gasteiger partial charge is 0.479 e. The molecular weight excluding hydrogens is 268 g/mol. The van der Waals surface area contributed by atoms with E-state index in [4.69, 9.17) is 22.2 Å². The van der Waals surface area contributed by atoms with Crippen molar-refractivity contribution in [2.24, 2.45) is 0 Å². The number of carbonyl (C=O) groups excluding carboxylic acids is 1. The Kier molecular flexibility index (Phi) is 3.97. The van der Waals surface area contributed by atoms with Crippen molar-refractivity contribution in [3.8, 4) is 11.8 Å². The maximum Gasteiger partial charge on any atom is 0.263 e. The Morgan fingerprint density at radius 1 is 1.44 bits per heavy atom. The summed E-state index contributed by atoms with van der Waals surface area (Å²) in [5.74, 6) is 0.451. The number of amides is 1. The van der Waals surface area contributed by atoms with Crippen molar-refractivity contribution in [3.05, 3.63) is 34.7 Å². The number of benzene rings is 1. The Bertz CT molecular complexity index is 558. The molecule has 1 aliphatic heterocycles. The molecule has 90 valence electrons. The van der Waals surface area contributed by atoms with Crippen molar-refractivity contribution >= 4 is 40.3 Å². The summed E-state index contributed by atoms with van der Waals surface area (Å²) in [5.41, 5.74) is 0.877. The molecule has 1 heterocycles. The minimum Gasteiger partial charge on any atom is -0.479 e. The minimum atomic E-state index is -0.171. The number of ether oxygens (including phenoxy) is 1. The van der Waals surface area contributed by atoms with Gasteiger partial charge in [0.1, 0.15) is 16.1 Å². The topological polar surface area (TPSA) is 62.1 Å². The molecule has 0 aliphatic carbocycles. The monoisotopic (exact) mass is 276 g/mol. The first-order valence-corrected chi connectivity index (χ1v) is 6.26. The average molecular weight is 276 g/mol. The van der Waals surface area contributed by atoms with Crippen LogP contribution >= 0.6 is 24.0 Å². The van der Waals surface area contributed by atoms with Crippen LogP contribution in [0.1, 0.15) is 5.56 Å². The van der Waals surface area contributed by atoms with Crippen LogP contribution in [0, 0.1) is 11.3 Å². The van der Waals surface area contributed by atoms with Gasteiger partial charge in [-0.05, 0) is 23.8 Å². The molecule has 1 amide bonds. The summed E-state index contributed by atoms with van der Waals surface area (Å²) >= 11 is 6.14. The smallest absolute Gasteiger partial charge is 0.263 e. The number of hydrogen-bond donors (Lipinski definition) is 1. The Morgan fingerprint density at radius 2 is 2.17 bits per heavy atom. The highest BCUT2D eigenvalue weighted by Crippen LogP contribution is 2.26. The van der Waals surface area contributed by atoms with Crippen molar-refractivity contribution in [3.63, 3.8) is 0 Å². The van der Waals surface area contributed by atoms with Gasteiger partial charge in [-0.25, -0.2) is 0 Å². The van der Waals surface area contributed by atoms with Gasteiger partial charge in [-0.15, -0.1) is 0 Å². The molecule has 1 N–H and O–H groups in total. The van der Waals surface area contributed by atoms with Gasteiger partial charge in [-0.3, -0.25) is 4.79 Å². The van der Waals surface area contributed by atoms with Crippen LogP contribution in [0.2, 0.25) is 0 Å². The summed E-state index contributed by atoms with van der Waals surface area (Å²) in [6.45, 7) is 0.0208. The highest BCUT2D eigenvalue weighted by atomic mass is 32.2. The molecule has 2 rings (SSSR count). The number of carbonyl (C=O) groups is 1. The maximum absolute atomic E-state index is 11.4. The summed E-state index contributed by atoms with van der Waals surface area (Å²) in [4.78, 5) is 12.0. The average Bonchev–Trinajstić information content (AvgIpc) is 2.67. The Labute approximate surface area is 114 Å². The van der Waals surface area contributed by atoms with Gasteiger partial charge in [0.05, 0.1) is 4.91 Å². The van der Waals surface area contributed by atoms with Crippen molar-refractivity contribution in [2.75, 3.05) is 6.61 Å². The first-order valence-electron chi connectivity index (χ1n) is 5.04. The van der Waals surface area contributed by atoms with E-state index in [0.29, 0.717) is 15.0 Å². The van der Waals surface area contributed by atoms with E-state index in [1.54, 1.807) is 18.2 Å². The van der Waals surface area contributed by atoms with Crippen molar-refractivity contribution < 1.29 is 9.53 Å². The van der Waals surface area contributed by atoms with Gasteiger partial charge < -0.3 is 10.1 Å². The highest BCUT2D eigenvalue weighted by Gasteiger charge is 2.21. The van der Waals surface area contributed by atoms with Gasteiger partial charge in [0.2, 0.25) is 0 Å². The second-order valence-electron chi connectivity index (χ2n) is 3.37. The molecule has 1 aromatic carbocycles. The fourth-order valence-corrected chi connectivity index (χ4v) is 2.39. The van der Waals surface area contributed by atoms with Gasteiger partial charge in [0.15, 0.2) is 6.61 Å². The quantitative estimate of drug-likeness (QED) is 0.676. The summed E-state index contributed by atoms with van der Waals surface area (Å²) in [6, 6.07) is 9.02. The van der Waals surface area contributed by atoms with Crippen molar-refractivity contribution in [1.82, 2.24) is 5.32 Å². The molecule has 1 saturated heterocycles. The lowest BCUT2D eigenvalue weighted by Crippen LogP contribution is -2.17. The Morgan fingerprint density at radius 3 is 2.72 bits per heavy atom. The van der Waals surface area contributed by atoms with Gasteiger partial charge in [-0.2, -0.15) is 5.26 Å². The van der Waals surface area contributed by atoms with E-state index < -0.39 is 0 Å². The summed E-state index contributed by atoms with van der Waals surface area (Å²) in [5, 5.41) is 10.9. The van der Waals surface area contributed by atoms with Crippen LogP contribution in [-0.4, -0.2) is 16.8 Å². The maximum atomic E-state index is 11.4. The van der Waals surface area contributed by atoms with E-state index in [9.17, 15) is 4.79 Å². The van der Waals surface area contributed by atoms with E-state index in [2.05, 4.69) is 5.32 Å². The normalized spacial score (nSPS) is 16.5. The molecule has 18 heavy (non-hydrogen) atoms. The third-order valence-electron chi connectivity index (χ3n) is 2.12. The summed E-state index contributed by atoms with van der Waals surface area (Å²) in [6.07, 6.45) is 1.76. The number of rotatable bonds is 3. The van der Waals surface area contributed by atoms with Gasteiger partial charge in [0.25, 0.3) is 5.91 Å². The molecular formula is C12H8N2O2S2. The molecule has 1 aliphatic rings. The number of thioether (sulfide) groups is 1. The Balaban J connectivity index is 2.11. The van der Waals surface area contributed by atoms with Crippen molar-refractivity contribution in [1.29, 1.82) is 5.26 Å². The van der Waals surface area contributed by atoms with E-state index >= 15 is 0 Å². The molecule has 4 nitrogen and oxygen atoms in total. The number of nitriles is 1. The van der Waals surface area contributed by atoms with Crippen LogP contribution in [0.4, 0.5) is 0 Å². The molecule has 0 bridgehead atoms. The van der Waals surface area contributed by atoms with Gasteiger partial charge in [0, 0.05) is 0 Å². The van der Waals surface area contributed by atoms with Crippen LogP contribution in [0.3, 0.4) is 0 Å². The second kappa shape index (κ2) is 5.67. The van der Waals surface area contributed by atoms with Crippen LogP contribution in [0.25, 0.3) is 6.08 Å². The molecule has 0 spiro atoms. The molecule has 1 fully saturated rings.